The highest BCUT2D eigenvalue weighted by molar-refractivity contribution is 7.91. The molecule has 0 aliphatic heterocycles. The smallest absolute Gasteiger partial charge is 0.266 e. The monoisotopic (exact) mass is 469 g/mol. The molecule has 3 aromatic rings. The fourth-order valence-corrected chi connectivity index (χ4v) is 4.63. The second kappa shape index (κ2) is 10.2. The summed E-state index contributed by atoms with van der Waals surface area (Å²) in [6.07, 6.45) is 1.16. The lowest BCUT2D eigenvalue weighted by Gasteiger charge is -2.22. The van der Waals surface area contributed by atoms with Gasteiger partial charge in [0.05, 0.1) is 9.60 Å². The third-order valence-corrected chi connectivity index (χ3v) is 6.35. The van der Waals surface area contributed by atoms with Crippen LogP contribution in [0.5, 0.6) is 5.75 Å². The van der Waals surface area contributed by atoms with E-state index in [1.807, 2.05) is 37.2 Å². The Kier molecular flexibility index (Phi) is 8.19. The van der Waals surface area contributed by atoms with Crippen molar-refractivity contribution in [1.82, 2.24) is 9.88 Å². The molecule has 0 radical (unpaired) electrons. The van der Waals surface area contributed by atoms with E-state index in [0.717, 1.165) is 11.0 Å². The number of hydrogen-bond acceptors (Lipinski definition) is 7. The first kappa shape index (κ1) is 24.1. The number of carbonyl (C=O) groups excluding carboxylic acids is 1. The molecule has 0 saturated carbocycles. The van der Waals surface area contributed by atoms with Gasteiger partial charge in [0.15, 0.2) is 21.6 Å². The van der Waals surface area contributed by atoms with Crippen LogP contribution < -0.4 is 9.64 Å². The number of carbonyl (C=O) groups is 1. The van der Waals surface area contributed by atoms with E-state index in [4.69, 9.17) is 4.74 Å². The van der Waals surface area contributed by atoms with Gasteiger partial charge in [0.25, 0.3) is 5.91 Å². The van der Waals surface area contributed by atoms with Crippen LogP contribution in [0.2, 0.25) is 0 Å². The second-order valence-electron chi connectivity index (χ2n) is 6.82. The van der Waals surface area contributed by atoms with Gasteiger partial charge in [-0.25, -0.2) is 13.4 Å². The van der Waals surface area contributed by atoms with Crippen LogP contribution in [0.25, 0.3) is 10.2 Å². The Morgan fingerprint density at radius 3 is 2.40 bits per heavy atom. The summed E-state index contributed by atoms with van der Waals surface area (Å²) in [6, 6.07) is 14.1. The van der Waals surface area contributed by atoms with Crippen molar-refractivity contribution < 1.29 is 17.9 Å². The first-order valence-electron chi connectivity index (χ1n) is 8.98. The lowest BCUT2D eigenvalue weighted by Crippen LogP contribution is -2.39. The standard InChI is InChI=1S/C20H23N3O4S2.ClH/c1-22(2)12-13-23(18(24)14-27-15-8-5-4-6-9-15)20-21-19-16(28-20)10-7-11-17(19)29(3,25)26;/h4-11H,12-14H2,1-3H3;1H. The molecular weight excluding hydrogens is 446 g/mol. The zero-order valence-electron chi connectivity index (χ0n) is 16.9. The van der Waals surface area contributed by atoms with E-state index in [-0.39, 0.29) is 29.8 Å². The lowest BCUT2D eigenvalue weighted by atomic mass is 10.3. The zero-order chi connectivity index (χ0) is 21.0. The Hall–Kier alpha value is -2.20. The van der Waals surface area contributed by atoms with Crippen LogP contribution in [-0.2, 0) is 14.6 Å². The zero-order valence-corrected chi connectivity index (χ0v) is 19.4. The van der Waals surface area contributed by atoms with Crippen molar-refractivity contribution in [2.45, 2.75) is 4.90 Å². The molecule has 0 spiro atoms. The van der Waals surface area contributed by atoms with E-state index in [2.05, 4.69) is 4.98 Å². The highest BCUT2D eigenvalue weighted by Crippen LogP contribution is 2.32. The van der Waals surface area contributed by atoms with Crippen molar-refractivity contribution in [3.8, 4) is 5.75 Å². The fourth-order valence-electron chi connectivity index (χ4n) is 2.69. The van der Waals surface area contributed by atoms with Gasteiger partial charge < -0.3 is 9.64 Å². The van der Waals surface area contributed by atoms with Crippen molar-refractivity contribution in [2.24, 2.45) is 0 Å². The average molecular weight is 470 g/mol. The Balaban J connectivity index is 0.00000320. The molecule has 0 N–H and O–H groups in total. The number of hydrogen-bond donors (Lipinski definition) is 0. The topological polar surface area (TPSA) is 79.8 Å². The summed E-state index contributed by atoms with van der Waals surface area (Å²) in [5.74, 6) is 0.368. The molecule has 0 aliphatic rings. The summed E-state index contributed by atoms with van der Waals surface area (Å²) in [4.78, 5) is 21.1. The van der Waals surface area contributed by atoms with E-state index in [9.17, 15) is 13.2 Å². The number of rotatable bonds is 8. The van der Waals surface area contributed by atoms with Crippen LogP contribution in [0.15, 0.2) is 53.4 Å². The quantitative estimate of drug-likeness (QED) is 0.504. The summed E-state index contributed by atoms with van der Waals surface area (Å²) in [6.45, 7) is 0.913. The number of likely N-dealkylation sites (N-methyl/N-ethyl adjacent to an activating group) is 1. The molecule has 1 heterocycles. The molecule has 0 fully saturated rings. The van der Waals surface area contributed by atoms with Gasteiger partial charge in [0.1, 0.15) is 11.3 Å². The van der Waals surface area contributed by atoms with E-state index in [1.165, 1.54) is 17.4 Å². The van der Waals surface area contributed by atoms with Crippen LogP contribution in [0, 0.1) is 0 Å². The molecule has 3 rings (SSSR count). The molecule has 2 aromatic carbocycles. The van der Waals surface area contributed by atoms with Gasteiger partial charge >= 0.3 is 0 Å². The number of aromatic nitrogens is 1. The van der Waals surface area contributed by atoms with Crippen molar-refractivity contribution in [1.29, 1.82) is 0 Å². The minimum Gasteiger partial charge on any atom is -0.484 e. The number of benzene rings is 2. The maximum atomic E-state index is 12.9. The van der Waals surface area contributed by atoms with Crippen LogP contribution >= 0.6 is 23.7 Å². The molecule has 30 heavy (non-hydrogen) atoms. The van der Waals surface area contributed by atoms with Crippen LogP contribution in [0.3, 0.4) is 0 Å². The Morgan fingerprint density at radius 1 is 1.07 bits per heavy atom. The molecule has 0 unspecified atom stereocenters. The fraction of sp³-hybridized carbons (Fsp3) is 0.300. The SMILES string of the molecule is CN(C)CCN(C(=O)COc1ccccc1)c1nc2c(S(C)(=O)=O)cccc2s1.Cl. The summed E-state index contributed by atoms with van der Waals surface area (Å²) < 4.78 is 30.5. The van der Waals surface area contributed by atoms with E-state index in [0.29, 0.717) is 29.5 Å². The van der Waals surface area contributed by atoms with Crippen molar-refractivity contribution in [2.75, 3.05) is 44.9 Å². The maximum Gasteiger partial charge on any atom is 0.266 e. The third kappa shape index (κ3) is 5.91. The molecule has 0 atom stereocenters. The summed E-state index contributed by atoms with van der Waals surface area (Å²) in [5, 5.41) is 0.458. The number of halogens is 1. The Morgan fingerprint density at radius 2 is 1.77 bits per heavy atom. The van der Waals surface area contributed by atoms with E-state index in [1.54, 1.807) is 29.2 Å². The molecule has 1 aromatic heterocycles. The van der Waals surface area contributed by atoms with Gasteiger partial charge in [0.2, 0.25) is 0 Å². The number of thiazole rings is 1. The Bertz CT molecular complexity index is 1100. The normalized spacial score (nSPS) is 11.3. The highest BCUT2D eigenvalue weighted by Gasteiger charge is 2.23. The largest absolute Gasteiger partial charge is 0.484 e. The van der Waals surface area contributed by atoms with Gasteiger partial charge in [0, 0.05) is 19.3 Å². The summed E-state index contributed by atoms with van der Waals surface area (Å²) >= 11 is 1.29. The number of fused-ring (bicyclic) bond motifs is 1. The Labute approximate surface area is 186 Å². The number of amides is 1. The van der Waals surface area contributed by atoms with Crippen LogP contribution in [0.4, 0.5) is 5.13 Å². The van der Waals surface area contributed by atoms with Gasteiger partial charge in [-0.2, -0.15) is 0 Å². The van der Waals surface area contributed by atoms with Crippen LogP contribution in [0.1, 0.15) is 0 Å². The average Bonchev–Trinajstić information content (AvgIpc) is 3.10. The second-order valence-corrected chi connectivity index (χ2v) is 9.82. The number of anilines is 1. The number of nitrogens with zero attached hydrogens (tertiary/aromatic N) is 3. The molecule has 1 amide bonds. The number of para-hydroxylation sites is 2. The van der Waals surface area contributed by atoms with Crippen molar-refractivity contribution in [3.05, 3.63) is 48.5 Å². The van der Waals surface area contributed by atoms with E-state index >= 15 is 0 Å². The lowest BCUT2D eigenvalue weighted by molar-refractivity contribution is -0.120. The summed E-state index contributed by atoms with van der Waals surface area (Å²) in [7, 11) is 0.414. The number of ether oxygens (including phenoxy) is 1. The van der Waals surface area contributed by atoms with Gasteiger partial charge in [-0.3, -0.25) is 9.69 Å². The molecule has 7 nitrogen and oxygen atoms in total. The van der Waals surface area contributed by atoms with Gasteiger partial charge in [-0.1, -0.05) is 35.6 Å². The maximum absolute atomic E-state index is 12.9. The molecule has 0 saturated heterocycles. The molecule has 0 bridgehead atoms. The summed E-state index contributed by atoms with van der Waals surface area (Å²) in [5.41, 5.74) is 0.390. The van der Waals surface area contributed by atoms with Crippen LogP contribution in [-0.4, -0.2) is 64.3 Å². The number of sulfone groups is 1. The van der Waals surface area contributed by atoms with Gasteiger partial charge in [-0.05, 0) is 38.4 Å². The third-order valence-electron chi connectivity index (χ3n) is 4.18. The predicted molar refractivity (Wildman–Crippen MR) is 123 cm³/mol. The molecular formula is C20H24ClN3O4S2. The highest BCUT2D eigenvalue weighted by atomic mass is 35.5. The van der Waals surface area contributed by atoms with E-state index < -0.39 is 9.84 Å². The first-order chi connectivity index (χ1) is 13.8. The minimum absolute atomic E-state index is 0. The first-order valence-corrected chi connectivity index (χ1v) is 11.7. The molecule has 0 aliphatic carbocycles. The van der Waals surface area contributed by atoms with Gasteiger partial charge in [-0.15, -0.1) is 12.4 Å². The predicted octanol–water partition coefficient (Wildman–Crippen LogP) is 3.10. The molecule has 162 valence electrons. The minimum atomic E-state index is -3.43. The van der Waals surface area contributed by atoms with Crippen molar-refractivity contribution >= 4 is 54.8 Å². The van der Waals surface area contributed by atoms with Crippen molar-refractivity contribution in [3.63, 3.8) is 0 Å². The molecule has 10 heteroatoms.